The van der Waals surface area contributed by atoms with Crippen molar-refractivity contribution in [1.82, 2.24) is 9.99 Å². The van der Waals surface area contributed by atoms with E-state index in [2.05, 4.69) is 76.7 Å². The number of benzene rings is 4. The minimum atomic E-state index is -0.133. The van der Waals surface area contributed by atoms with Gasteiger partial charge in [-0.25, -0.2) is 5.43 Å². The van der Waals surface area contributed by atoms with E-state index in [-0.39, 0.29) is 12.3 Å². The SMILES string of the molecule is Cc1ccccc1Cn1cc(/C=N\NC(=O)Cc2cccc3ccccc23)c2ccccc21. The first kappa shape index (κ1) is 20.7. The molecule has 5 rings (SSSR count). The lowest BCUT2D eigenvalue weighted by Gasteiger charge is -2.08. The van der Waals surface area contributed by atoms with Crippen molar-refractivity contribution in [3.8, 4) is 0 Å². The van der Waals surface area contributed by atoms with Crippen LogP contribution in [-0.2, 0) is 17.8 Å². The van der Waals surface area contributed by atoms with E-state index < -0.39 is 0 Å². The van der Waals surface area contributed by atoms with E-state index >= 15 is 0 Å². The van der Waals surface area contributed by atoms with E-state index in [0.717, 1.165) is 39.3 Å². The minimum absolute atomic E-state index is 0.133. The number of amides is 1. The van der Waals surface area contributed by atoms with Crippen LogP contribution in [0.5, 0.6) is 0 Å². The first-order valence-electron chi connectivity index (χ1n) is 11.1. The Morgan fingerprint density at radius 3 is 2.42 bits per heavy atom. The standard InChI is InChI=1S/C29H25N3O/c1-21-9-2-3-11-24(21)19-32-20-25(27-15-6-7-16-28(27)32)18-30-31-29(33)17-23-13-8-12-22-10-4-5-14-26(22)23/h2-16,18,20H,17,19H2,1H3,(H,31,33)/b30-18-. The maximum atomic E-state index is 12.6. The molecule has 1 aromatic heterocycles. The molecule has 1 amide bonds. The first-order valence-corrected chi connectivity index (χ1v) is 11.1. The fourth-order valence-electron chi connectivity index (χ4n) is 4.31. The predicted molar refractivity (Wildman–Crippen MR) is 136 cm³/mol. The molecular formula is C29H25N3O. The molecule has 4 aromatic carbocycles. The molecule has 0 fully saturated rings. The Kier molecular flexibility index (Phi) is 5.73. The van der Waals surface area contributed by atoms with Crippen LogP contribution >= 0.6 is 0 Å². The van der Waals surface area contributed by atoms with Gasteiger partial charge in [0.25, 0.3) is 0 Å². The number of carbonyl (C=O) groups is 1. The number of hydrazone groups is 1. The van der Waals surface area contributed by atoms with Gasteiger partial charge < -0.3 is 4.57 Å². The van der Waals surface area contributed by atoms with Crippen molar-refractivity contribution in [2.75, 3.05) is 0 Å². The third-order valence-corrected chi connectivity index (χ3v) is 6.05. The Bertz CT molecular complexity index is 1470. The molecule has 0 aliphatic heterocycles. The van der Waals surface area contributed by atoms with Gasteiger partial charge in [-0.15, -0.1) is 0 Å². The Morgan fingerprint density at radius 2 is 1.55 bits per heavy atom. The minimum Gasteiger partial charge on any atom is -0.342 e. The second kappa shape index (κ2) is 9.13. The van der Waals surface area contributed by atoms with Crippen molar-refractivity contribution in [3.05, 3.63) is 119 Å². The van der Waals surface area contributed by atoms with Crippen LogP contribution in [0.25, 0.3) is 21.7 Å². The Balaban J connectivity index is 1.34. The third-order valence-electron chi connectivity index (χ3n) is 6.05. The molecule has 0 aliphatic rings. The van der Waals surface area contributed by atoms with Crippen LogP contribution in [0.4, 0.5) is 0 Å². The lowest BCUT2D eigenvalue weighted by atomic mass is 10.0. The number of aromatic nitrogens is 1. The van der Waals surface area contributed by atoms with Crippen molar-refractivity contribution >= 4 is 33.8 Å². The van der Waals surface area contributed by atoms with Gasteiger partial charge in [-0.2, -0.15) is 5.10 Å². The molecule has 4 nitrogen and oxygen atoms in total. The van der Waals surface area contributed by atoms with Crippen LogP contribution in [0.2, 0.25) is 0 Å². The maximum absolute atomic E-state index is 12.6. The zero-order chi connectivity index (χ0) is 22.6. The van der Waals surface area contributed by atoms with Crippen molar-refractivity contribution < 1.29 is 4.79 Å². The molecule has 162 valence electrons. The molecule has 0 spiro atoms. The monoisotopic (exact) mass is 431 g/mol. The summed E-state index contributed by atoms with van der Waals surface area (Å²) in [6.07, 6.45) is 4.11. The largest absolute Gasteiger partial charge is 0.342 e. The molecule has 0 unspecified atom stereocenters. The van der Waals surface area contributed by atoms with Crippen molar-refractivity contribution in [2.45, 2.75) is 19.9 Å². The van der Waals surface area contributed by atoms with E-state index in [9.17, 15) is 4.79 Å². The number of fused-ring (bicyclic) bond motifs is 2. The summed E-state index contributed by atoms with van der Waals surface area (Å²) in [4.78, 5) is 12.6. The third kappa shape index (κ3) is 4.41. The van der Waals surface area contributed by atoms with Crippen molar-refractivity contribution in [3.63, 3.8) is 0 Å². The highest BCUT2D eigenvalue weighted by Crippen LogP contribution is 2.22. The van der Waals surface area contributed by atoms with Gasteiger partial charge in [0, 0.05) is 29.2 Å². The fraction of sp³-hybridized carbons (Fsp3) is 0.103. The molecule has 33 heavy (non-hydrogen) atoms. The van der Waals surface area contributed by atoms with Gasteiger partial charge >= 0.3 is 0 Å². The second-order valence-corrected chi connectivity index (χ2v) is 8.26. The van der Waals surface area contributed by atoms with Gasteiger partial charge in [0.05, 0.1) is 12.6 Å². The highest BCUT2D eigenvalue weighted by molar-refractivity contribution is 6.00. The molecule has 0 atom stereocenters. The molecule has 5 aromatic rings. The predicted octanol–water partition coefficient (Wildman–Crippen LogP) is 5.84. The van der Waals surface area contributed by atoms with Gasteiger partial charge in [0.15, 0.2) is 0 Å². The van der Waals surface area contributed by atoms with Crippen LogP contribution < -0.4 is 5.43 Å². The Labute approximate surface area is 193 Å². The molecule has 0 saturated carbocycles. The zero-order valence-electron chi connectivity index (χ0n) is 18.5. The fourth-order valence-corrected chi connectivity index (χ4v) is 4.31. The summed E-state index contributed by atoms with van der Waals surface area (Å²) in [6, 6.07) is 30.8. The van der Waals surface area contributed by atoms with Gasteiger partial charge in [-0.05, 0) is 40.5 Å². The zero-order valence-corrected chi connectivity index (χ0v) is 18.5. The topological polar surface area (TPSA) is 46.4 Å². The number of aryl methyl sites for hydroxylation is 1. The van der Waals surface area contributed by atoms with Crippen LogP contribution in [0, 0.1) is 6.92 Å². The van der Waals surface area contributed by atoms with E-state index in [0.29, 0.717) is 0 Å². The lowest BCUT2D eigenvalue weighted by Crippen LogP contribution is -2.19. The molecule has 0 bridgehead atoms. The highest BCUT2D eigenvalue weighted by Gasteiger charge is 2.09. The quantitative estimate of drug-likeness (QED) is 0.266. The van der Waals surface area contributed by atoms with Gasteiger partial charge in [0.2, 0.25) is 5.91 Å². The molecule has 4 heteroatoms. The molecule has 0 aliphatic carbocycles. The molecular weight excluding hydrogens is 406 g/mol. The Hall–Kier alpha value is -4.18. The van der Waals surface area contributed by atoms with E-state index in [1.165, 1.54) is 11.1 Å². The van der Waals surface area contributed by atoms with E-state index in [4.69, 9.17) is 0 Å². The van der Waals surface area contributed by atoms with Crippen LogP contribution in [-0.4, -0.2) is 16.7 Å². The number of nitrogens with one attached hydrogen (secondary N) is 1. The number of para-hydroxylation sites is 1. The molecule has 0 saturated heterocycles. The molecule has 0 radical (unpaired) electrons. The summed E-state index contributed by atoms with van der Waals surface area (Å²) < 4.78 is 2.23. The van der Waals surface area contributed by atoms with Crippen LogP contribution in [0.1, 0.15) is 22.3 Å². The number of carbonyl (C=O) groups excluding carboxylic acids is 1. The smallest absolute Gasteiger partial charge is 0.244 e. The Morgan fingerprint density at radius 1 is 0.848 bits per heavy atom. The number of hydrogen-bond acceptors (Lipinski definition) is 2. The summed E-state index contributed by atoms with van der Waals surface area (Å²) in [7, 11) is 0. The summed E-state index contributed by atoms with van der Waals surface area (Å²) in [6.45, 7) is 2.92. The normalized spacial score (nSPS) is 11.4. The van der Waals surface area contributed by atoms with Crippen molar-refractivity contribution in [2.24, 2.45) is 5.10 Å². The number of rotatable bonds is 6. The molecule has 1 heterocycles. The van der Waals surface area contributed by atoms with Gasteiger partial charge in [-0.1, -0.05) is 84.9 Å². The summed E-state index contributed by atoms with van der Waals surface area (Å²) in [5.41, 5.74) is 8.37. The average Bonchev–Trinajstić information content (AvgIpc) is 3.18. The highest BCUT2D eigenvalue weighted by atomic mass is 16.2. The average molecular weight is 432 g/mol. The van der Waals surface area contributed by atoms with E-state index in [1.54, 1.807) is 6.21 Å². The first-order chi connectivity index (χ1) is 16.2. The maximum Gasteiger partial charge on any atom is 0.244 e. The van der Waals surface area contributed by atoms with Crippen LogP contribution in [0.3, 0.4) is 0 Å². The second-order valence-electron chi connectivity index (χ2n) is 8.26. The number of nitrogens with zero attached hydrogens (tertiary/aromatic N) is 2. The van der Waals surface area contributed by atoms with Crippen LogP contribution in [0.15, 0.2) is 102 Å². The van der Waals surface area contributed by atoms with Gasteiger partial charge in [0.1, 0.15) is 0 Å². The van der Waals surface area contributed by atoms with Crippen molar-refractivity contribution in [1.29, 1.82) is 0 Å². The summed E-state index contributed by atoms with van der Waals surface area (Å²) >= 11 is 0. The molecule has 1 N–H and O–H groups in total. The number of hydrogen-bond donors (Lipinski definition) is 1. The van der Waals surface area contributed by atoms with E-state index in [1.807, 2.05) is 42.5 Å². The van der Waals surface area contributed by atoms with Gasteiger partial charge in [-0.3, -0.25) is 4.79 Å². The summed E-state index contributed by atoms with van der Waals surface area (Å²) in [5.74, 6) is -0.133. The summed E-state index contributed by atoms with van der Waals surface area (Å²) in [5, 5.41) is 7.61. The lowest BCUT2D eigenvalue weighted by molar-refractivity contribution is -0.120.